The van der Waals surface area contributed by atoms with E-state index in [2.05, 4.69) is 38.0 Å². The highest BCUT2D eigenvalue weighted by molar-refractivity contribution is 5.76. The quantitative estimate of drug-likeness (QED) is 0.164. The number of methoxy groups -OCH3 is 4. The number of ether oxygens (including phenoxy) is 4. The van der Waals surface area contributed by atoms with E-state index >= 15 is 0 Å². The second kappa shape index (κ2) is 1160. The molecule has 0 spiro atoms. The van der Waals surface area contributed by atoms with Crippen molar-refractivity contribution in [3.8, 4) is 0 Å². The summed E-state index contributed by atoms with van der Waals surface area (Å²) in [6.45, 7) is 118. The largest absolute Gasteiger partial charge is 0.388 e. The van der Waals surface area contributed by atoms with E-state index in [1.807, 2.05) is 529 Å². The summed E-state index contributed by atoms with van der Waals surface area (Å²) in [5.41, 5.74) is 1.32. The molecular formula is C93H232B2O4. The van der Waals surface area contributed by atoms with Crippen molar-refractivity contribution in [2.24, 2.45) is 0 Å². The van der Waals surface area contributed by atoms with Gasteiger partial charge in [-0.1, -0.05) is 562 Å². The van der Waals surface area contributed by atoms with Gasteiger partial charge in [-0.15, -0.1) is 0 Å². The predicted molar refractivity (Wildman–Crippen MR) is 516 cm³/mol. The van der Waals surface area contributed by atoms with E-state index in [0.717, 1.165) is 0 Å². The predicted octanol–water partition coefficient (Wildman–Crippen LogP) is 38.4. The highest BCUT2D eigenvalue weighted by Crippen LogP contribution is 1.92. The van der Waals surface area contributed by atoms with Crippen molar-refractivity contribution in [3.05, 3.63) is 145 Å². The zero-order chi connectivity index (χ0) is 86.7. The molecule has 4 aromatic carbocycles. The normalized spacial score (nSPS) is 4.56. The van der Waals surface area contributed by atoms with Crippen LogP contribution in [-0.4, -0.2) is 73.7 Å². The Bertz CT molecular complexity index is 625. The minimum atomic E-state index is 0. The summed E-state index contributed by atoms with van der Waals surface area (Å²) in [4.78, 5) is 0. The zero-order valence-electron chi connectivity index (χ0n) is 83.6. The van der Waals surface area contributed by atoms with Gasteiger partial charge in [0.1, 0.15) is 0 Å². The van der Waals surface area contributed by atoms with Gasteiger partial charge in [-0.25, -0.2) is 0 Å². The lowest BCUT2D eigenvalue weighted by atomic mass is 10.2. The molecule has 6 heteroatoms. The molecule has 0 N–H and O–H groups in total. The number of benzene rings is 4. The molecule has 0 bridgehead atoms. The lowest BCUT2D eigenvalue weighted by Crippen LogP contribution is -1.62. The summed E-state index contributed by atoms with van der Waals surface area (Å²) >= 11 is 0. The zero-order valence-corrected chi connectivity index (χ0v) is 83.6. The minimum absolute atomic E-state index is 0. The Kier molecular flexibility index (Phi) is 2910. The fourth-order valence-corrected chi connectivity index (χ4v) is 1.69. The van der Waals surface area contributed by atoms with Crippen molar-refractivity contribution < 1.29 is 18.9 Å². The minimum Gasteiger partial charge on any atom is -0.388 e. The molecule has 0 saturated heterocycles. The molecule has 4 nitrogen and oxygen atoms in total. The highest BCUT2D eigenvalue weighted by Gasteiger charge is 1.72. The van der Waals surface area contributed by atoms with Crippen LogP contribution in [0.15, 0.2) is 140 Å². The molecule has 0 aliphatic rings. The van der Waals surface area contributed by atoms with E-state index in [1.165, 1.54) is 5.56 Å². The number of rotatable bonds is 0. The average molecular weight is 1440 g/mol. The summed E-state index contributed by atoms with van der Waals surface area (Å²) in [7, 11) is 13.0. The summed E-state index contributed by atoms with van der Waals surface area (Å²) in [6, 6.07) is 46.3. The second-order valence-electron chi connectivity index (χ2n) is 6.75. The van der Waals surface area contributed by atoms with Crippen LogP contribution in [0.1, 0.15) is 422 Å². The SMILES string of the molecule is C.C.CC.CC.CC.CC.CC.CC.CC.CC.CC.CC.CC.CC.CC.CC.CC.CC.CC.CC.CC.CC.CC.CC.CC.CC.CC.CC.CC.CC.CC.COC.COC.COC.COC.Cc1ccccc1.[B].[B].c1ccccc1.c1ccccc1.c1ccccc1. The molecule has 0 amide bonds. The molecule has 99 heavy (non-hydrogen) atoms. The van der Waals surface area contributed by atoms with E-state index in [9.17, 15) is 0 Å². The van der Waals surface area contributed by atoms with Gasteiger partial charge in [0.2, 0.25) is 0 Å². The lowest BCUT2D eigenvalue weighted by molar-refractivity contribution is 0.277. The molecule has 0 aromatic heterocycles. The molecule has 0 aliphatic heterocycles. The van der Waals surface area contributed by atoms with Crippen molar-refractivity contribution in [2.45, 2.75) is 423 Å². The first-order valence-corrected chi connectivity index (χ1v) is 40.7. The van der Waals surface area contributed by atoms with Crippen LogP contribution in [0.5, 0.6) is 0 Å². The molecule has 4 rings (SSSR count). The molecule has 0 aliphatic carbocycles. The maximum Gasteiger partial charge on any atom is 0.0351 e. The Hall–Kier alpha value is -3.15. The Morgan fingerprint density at radius 3 is 0.202 bits per heavy atom. The van der Waals surface area contributed by atoms with Gasteiger partial charge in [-0.2, -0.15) is 0 Å². The van der Waals surface area contributed by atoms with Crippen LogP contribution in [0.3, 0.4) is 0 Å². The topological polar surface area (TPSA) is 36.9 Å². The van der Waals surface area contributed by atoms with Gasteiger partial charge in [0.25, 0.3) is 0 Å². The summed E-state index contributed by atoms with van der Waals surface area (Å²) in [5.74, 6) is 0. The van der Waals surface area contributed by atoms with E-state index in [-0.39, 0.29) is 31.7 Å². The standard InChI is InChI=1S/C7H8.3C6H6.4C2H6O.29C2H6.2CH4.2B/c1-7-5-3-2-4-6-7;3*1-2-4-6-5-3-1;4*1-3-2;29*1-2;;;;/h2-6H,1H3;3*1-6H;4*1-2H3;29*1-2H3;2*1H4;;. The Labute approximate surface area is 657 Å². The maximum absolute atomic E-state index is 4.25. The van der Waals surface area contributed by atoms with E-state index < -0.39 is 0 Å². The van der Waals surface area contributed by atoms with Crippen molar-refractivity contribution in [3.63, 3.8) is 0 Å². The van der Waals surface area contributed by atoms with Crippen LogP contribution >= 0.6 is 0 Å². The number of hydrogen-bond acceptors (Lipinski definition) is 4. The smallest absolute Gasteiger partial charge is 0.0351 e. The first kappa shape index (κ1) is 249. The van der Waals surface area contributed by atoms with Crippen molar-refractivity contribution in [1.82, 2.24) is 0 Å². The van der Waals surface area contributed by atoms with Crippen LogP contribution < -0.4 is 0 Å². The Morgan fingerprint density at radius 2 is 0.172 bits per heavy atom. The van der Waals surface area contributed by atoms with E-state index in [4.69, 9.17) is 0 Å². The molecule has 0 heterocycles. The molecule has 6 radical (unpaired) electrons. The molecule has 0 fully saturated rings. The lowest BCUT2D eigenvalue weighted by Gasteiger charge is -1.82. The molecule has 0 unspecified atom stereocenters. The van der Waals surface area contributed by atoms with Gasteiger partial charge in [0.15, 0.2) is 0 Å². The van der Waals surface area contributed by atoms with Gasteiger partial charge in [0.05, 0.1) is 0 Å². The average Bonchev–Trinajstić information content (AvgIpc) is 3.87. The van der Waals surface area contributed by atoms with Crippen LogP contribution in [0.2, 0.25) is 0 Å². The number of hydrogen-bond donors (Lipinski definition) is 0. The first-order chi connectivity index (χ1) is 47.1. The van der Waals surface area contributed by atoms with Gasteiger partial charge < -0.3 is 18.9 Å². The van der Waals surface area contributed by atoms with Crippen LogP contribution in [0, 0.1) is 6.92 Å². The van der Waals surface area contributed by atoms with E-state index in [0.29, 0.717) is 0 Å². The van der Waals surface area contributed by atoms with Gasteiger partial charge >= 0.3 is 0 Å². The van der Waals surface area contributed by atoms with Crippen LogP contribution in [0.25, 0.3) is 0 Å². The fraction of sp³-hybridized carbons (Fsp3) is 0.742. The van der Waals surface area contributed by atoms with Gasteiger partial charge in [-0.05, 0) is 6.92 Å². The molecular weight excluding hydrogens is 1200 g/mol. The summed E-state index contributed by atoms with van der Waals surface area (Å²) in [6.07, 6.45) is 0. The monoisotopic (exact) mass is 1440 g/mol. The van der Waals surface area contributed by atoms with Crippen molar-refractivity contribution >= 4 is 16.8 Å². The third-order valence-electron chi connectivity index (χ3n) is 2.94. The van der Waals surface area contributed by atoms with Crippen molar-refractivity contribution in [2.75, 3.05) is 56.9 Å². The van der Waals surface area contributed by atoms with Crippen LogP contribution in [-0.2, 0) is 18.9 Å². The van der Waals surface area contributed by atoms with Gasteiger partial charge in [0, 0.05) is 73.7 Å². The van der Waals surface area contributed by atoms with Gasteiger partial charge in [-0.3, -0.25) is 0 Å². The Morgan fingerprint density at radius 1 is 0.131 bits per heavy atom. The van der Waals surface area contributed by atoms with Crippen LogP contribution in [0.4, 0.5) is 0 Å². The second-order valence-corrected chi connectivity index (χ2v) is 6.75. The Balaban J connectivity index is -0.0000000115. The number of aryl methyl sites for hydroxylation is 1. The van der Waals surface area contributed by atoms with E-state index in [1.54, 1.807) is 56.9 Å². The van der Waals surface area contributed by atoms with Crippen molar-refractivity contribution in [1.29, 1.82) is 0 Å². The highest BCUT2D eigenvalue weighted by atomic mass is 16.5. The molecule has 0 atom stereocenters. The third-order valence-corrected chi connectivity index (χ3v) is 2.94. The molecule has 0 saturated carbocycles. The first-order valence-electron chi connectivity index (χ1n) is 40.7. The maximum atomic E-state index is 4.25. The molecule has 634 valence electrons. The summed E-state index contributed by atoms with van der Waals surface area (Å²) < 4.78 is 17.0. The molecule has 4 aromatic rings. The fourth-order valence-electron chi connectivity index (χ4n) is 1.69. The third kappa shape index (κ3) is 1570. The summed E-state index contributed by atoms with van der Waals surface area (Å²) in [5, 5.41) is 0.